The van der Waals surface area contributed by atoms with Crippen LogP contribution in [0.5, 0.6) is 0 Å². The predicted octanol–water partition coefficient (Wildman–Crippen LogP) is 1.76. The van der Waals surface area contributed by atoms with Gasteiger partial charge in [0.25, 0.3) is 0 Å². The lowest BCUT2D eigenvalue weighted by molar-refractivity contribution is 0.263. The largest absolute Gasteiger partial charge is 0.330 e. The molecule has 0 spiro atoms. The van der Waals surface area contributed by atoms with Crippen molar-refractivity contribution in [3.63, 3.8) is 0 Å². The van der Waals surface area contributed by atoms with Crippen LogP contribution in [0.25, 0.3) is 0 Å². The van der Waals surface area contributed by atoms with E-state index in [0.717, 1.165) is 19.6 Å². The zero-order valence-electron chi connectivity index (χ0n) is 9.54. The molecule has 78 valence electrons. The van der Waals surface area contributed by atoms with Crippen molar-refractivity contribution < 1.29 is 0 Å². The van der Waals surface area contributed by atoms with E-state index in [2.05, 4.69) is 37.3 Å². The Morgan fingerprint density at radius 1 is 1.29 bits per heavy atom. The Morgan fingerprint density at radius 2 is 2.00 bits per heavy atom. The van der Waals surface area contributed by atoms with Gasteiger partial charge in [0, 0.05) is 18.8 Å². The molecule has 0 amide bonds. The fourth-order valence-corrected chi connectivity index (χ4v) is 2.17. The van der Waals surface area contributed by atoms with Gasteiger partial charge in [-0.15, -0.1) is 0 Å². The van der Waals surface area contributed by atoms with Gasteiger partial charge in [0.15, 0.2) is 0 Å². The van der Waals surface area contributed by atoms with Gasteiger partial charge in [0.2, 0.25) is 0 Å². The van der Waals surface area contributed by atoms with E-state index in [9.17, 15) is 0 Å². The van der Waals surface area contributed by atoms with Crippen molar-refractivity contribution >= 4 is 0 Å². The molecule has 0 aromatic carbocycles. The summed E-state index contributed by atoms with van der Waals surface area (Å²) in [6.45, 7) is 9.85. The number of imidazole rings is 1. The number of likely N-dealkylation sites (N-methyl/N-ethyl adjacent to an activating group) is 1. The van der Waals surface area contributed by atoms with E-state index in [1.54, 1.807) is 0 Å². The van der Waals surface area contributed by atoms with Gasteiger partial charge in [0.05, 0.1) is 12.2 Å². The minimum atomic E-state index is 0.540. The van der Waals surface area contributed by atoms with E-state index < -0.39 is 0 Å². The Labute approximate surface area is 85.7 Å². The van der Waals surface area contributed by atoms with Crippen LogP contribution in [0.3, 0.4) is 0 Å². The molecule has 1 aromatic rings. The summed E-state index contributed by atoms with van der Waals surface area (Å²) in [5.41, 5.74) is 2.64. The summed E-state index contributed by atoms with van der Waals surface area (Å²) in [4.78, 5) is 7.05. The van der Waals surface area contributed by atoms with Gasteiger partial charge in [-0.05, 0) is 19.9 Å². The van der Waals surface area contributed by atoms with Crippen LogP contribution in [0.15, 0.2) is 0 Å². The molecular weight excluding hydrogens is 174 g/mol. The summed E-state index contributed by atoms with van der Waals surface area (Å²) in [5, 5.41) is 0. The van der Waals surface area contributed by atoms with E-state index >= 15 is 0 Å². The molecule has 2 heterocycles. The van der Waals surface area contributed by atoms with Crippen molar-refractivity contribution in [2.24, 2.45) is 0 Å². The number of hydrogen-bond donors (Lipinski definition) is 0. The van der Waals surface area contributed by atoms with Crippen LogP contribution < -0.4 is 0 Å². The van der Waals surface area contributed by atoms with Crippen molar-refractivity contribution in [1.82, 2.24) is 14.5 Å². The monoisotopic (exact) mass is 193 g/mol. The molecule has 2 rings (SSSR count). The molecule has 3 nitrogen and oxygen atoms in total. The lowest BCUT2D eigenvalue weighted by Gasteiger charge is -2.24. The topological polar surface area (TPSA) is 21.1 Å². The number of hydrogen-bond acceptors (Lipinski definition) is 2. The summed E-state index contributed by atoms with van der Waals surface area (Å²) in [7, 11) is 2.16. The van der Waals surface area contributed by atoms with Gasteiger partial charge in [-0.3, -0.25) is 4.90 Å². The van der Waals surface area contributed by atoms with Crippen LogP contribution in [0.1, 0.15) is 37.0 Å². The van der Waals surface area contributed by atoms with Crippen LogP contribution in [-0.2, 0) is 13.1 Å². The van der Waals surface area contributed by atoms with Crippen LogP contribution in [0, 0.1) is 6.92 Å². The maximum atomic E-state index is 4.72. The van der Waals surface area contributed by atoms with E-state index in [4.69, 9.17) is 4.98 Å². The Balaban J connectivity index is 2.40. The van der Waals surface area contributed by atoms with Crippen molar-refractivity contribution in [2.75, 3.05) is 13.6 Å². The maximum Gasteiger partial charge on any atom is 0.123 e. The van der Waals surface area contributed by atoms with E-state index in [1.807, 2.05) is 0 Å². The zero-order valence-corrected chi connectivity index (χ0v) is 9.54. The average Bonchev–Trinajstić information content (AvgIpc) is 2.43. The molecule has 0 radical (unpaired) electrons. The number of aromatic nitrogens is 2. The molecule has 0 aliphatic carbocycles. The highest BCUT2D eigenvalue weighted by Crippen LogP contribution is 2.22. The molecule has 3 heteroatoms. The van der Waals surface area contributed by atoms with Gasteiger partial charge in [0.1, 0.15) is 5.82 Å². The molecule has 0 saturated carbocycles. The number of rotatable bonds is 1. The van der Waals surface area contributed by atoms with Crippen LogP contribution in [0.2, 0.25) is 0 Å². The Bertz CT molecular complexity index is 339. The fourth-order valence-electron chi connectivity index (χ4n) is 2.17. The van der Waals surface area contributed by atoms with Crippen molar-refractivity contribution in [3.05, 3.63) is 17.2 Å². The van der Waals surface area contributed by atoms with Gasteiger partial charge in [-0.2, -0.15) is 0 Å². The smallest absolute Gasteiger partial charge is 0.123 e. The summed E-state index contributed by atoms with van der Waals surface area (Å²) in [6, 6.07) is 0. The highest BCUT2D eigenvalue weighted by molar-refractivity contribution is 5.20. The van der Waals surface area contributed by atoms with Gasteiger partial charge < -0.3 is 4.57 Å². The molecule has 0 N–H and O–H groups in total. The molecule has 1 aliphatic rings. The number of fused-ring (bicyclic) bond motifs is 1. The third kappa shape index (κ3) is 1.46. The minimum Gasteiger partial charge on any atom is -0.330 e. The normalized spacial score (nSPS) is 17.5. The predicted molar refractivity (Wildman–Crippen MR) is 57.4 cm³/mol. The van der Waals surface area contributed by atoms with E-state index in [1.165, 1.54) is 17.2 Å². The number of nitrogens with zero attached hydrogens (tertiary/aromatic N) is 3. The minimum absolute atomic E-state index is 0.540. The van der Waals surface area contributed by atoms with Crippen LogP contribution in [0.4, 0.5) is 0 Å². The van der Waals surface area contributed by atoms with Gasteiger partial charge in [-0.1, -0.05) is 13.8 Å². The molecule has 1 aliphatic heterocycles. The molecule has 0 fully saturated rings. The Kier molecular flexibility index (Phi) is 2.35. The third-order valence-electron chi connectivity index (χ3n) is 3.00. The molecular formula is C11H19N3. The Morgan fingerprint density at radius 3 is 2.64 bits per heavy atom. The lowest BCUT2D eigenvalue weighted by atomic mass is 10.1. The average molecular weight is 193 g/mol. The van der Waals surface area contributed by atoms with Crippen molar-refractivity contribution in [2.45, 2.75) is 39.8 Å². The molecule has 14 heavy (non-hydrogen) atoms. The van der Waals surface area contributed by atoms with Crippen LogP contribution in [-0.4, -0.2) is 28.0 Å². The second-order valence-corrected chi connectivity index (χ2v) is 4.54. The molecule has 0 bridgehead atoms. The maximum absolute atomic E-state index is 4.72. The first-order valence-electron chi connectivity index (χ1n) is 5.34. The lowest BCUT2D eigenvalue weighted by Crippen LogP contribution is -2.30. The molecule has 1 aromatic heterocycles. The second-order valence-electron chi connectivity index (χ2n) is 4.54. The third-order valence-corrected chi connectivity index (χ3v) is 3.00. The SMILES string of the molecule is Cc1c(C(C)C)nc2n1CCN(C)C2. The van der Waals surface area contributed by atoms with Crippen LogP contribution >= 0.6 is 0 Å². The van der Waals surface area contributed by atoms with Gasteiger partial charge in [-0.25, -0.2) is 4.98 Å². The van der Waals surface area contributed by atoms with Crippen molar-refractivity contribution in [3.8, 4) is 0 Å². The molecule has 0 unspecified atom stereocenters. The second kappa shape index (κ2) is 3.39. The molecule has 0 saturated heterocycles. The highest BCUT2D eigenvalue weighted by atomic mass is 15.2. The van der Waals surface area contributed by atoms with Gasteiger partial charge >= 0.3 is 0 Å². The van der Waals surface area contributed by atoms with E-state index in [-0.39, 0.29) is 0 Å². The summed E-state index contributed by atoms with van der Waals surface area (Å²) >= 11 is 0. The Hall–Kier alpha value is -0.830. The quantitative estimate of drug-likeness (QED) is 0.677. The first-order chi connectivity index (χ1) is 6.59. The standard InChI is InChI=1S/C11H19N3/c1-8(2)11-9(3)14-6-5-13(4)7-10(14)12-11/h8H,5-7H2,1-4H3. The summed E-state index contributed by atoms with van der Waals surface area (Å²) < 4.78 is 2.37. The zero-order chi connectivity index (χ0) is 10.3. The summed E-state index contributed by atoms with van der Waals surface area (Å²) in [6.07, 6.45) is 0. The summed E-state index contributed by atoms with van der Waals surface area (Å²) in [5.74, 6) is 1.78. The first-order valence-corrected chi connectivity index (χ1v) is 5.34. The highest BCUT2D eigenvalue weighted by Gasteiger charge is 2.20. The van der Waals surface area contributed by atoms with E-state index in [0.29, 0.717) is 5.92 Å². The fraction of sp³-hybridized carbons (Fsp3) is 0.727. The van der Waals surface area contributed by atoms with Crippen molar-refractivity contribution in [1.29, 1.82) is 0 Å². The molecule has 0 atom stereocenters. The first kappa shape index (κ1) is 9.71.